The Labute approximate surface area is 217 Å². The van der Waals surface area contributed by atoms with Gasteiger partial charge in [0, 0.05) is 29.7 Å². The van der Waals surface area contributed by atoms with Gasteiger partial charge >= 0.3 is 0 Å². The van der Waals surface area contributed by atoms with Crippen molar-refractivity contribution in [2.45, 2.75) is 89.9 Å². The van der Waals surface area contributed by atoms with E-state index < -0.39 is 0 Å². The fraction of sp³-hybridized carbons (Fsp3) is 0.636. The maximum atomic E-state index is 11.1. The summed E-state index contributed by atoms with van der Waals surface area (Å²) >= 11 is 0. The molecule has 1 spiro atoms. The van der Waals surface area contributed by atoms with Crippen LogP contribution in [0, 0.1) is 40.4 Å². The Balaban J connectivity index is 1.37. The third kappa shape index (κ3) is 4.01. The first-order valence-electron chi connectivity index (χ1n) is 14.1. The van der Waals surface area contributed by atoms with Gasteiger partial charge in [-0.1, -0.05) is 62.5 Å². The Morgan fingerprint density at radius 2 is 1.75 bits per heavy atom. The number of hydrogen-bond donors (Lipinski definition) is 1. The van der Waals surface area contributed by atoms with Gasteiger partial charge < -0.3 is 14.6 Å². The molecule has 6 unspecified atom stereocenters. The van der Waals surface area contributed by atoms with Crippen molar-refractivity contribution >= 4 is 0 Å². The zero-order valence-corrected chi connectivity index (χ0v) is 22.3. The van der Waals surface area contributed by atoms with Crippen LogP contribution in [0.2, 0.25) is 0 Å². The molecule has 4 fully saturated rings. The first kappa shape index (κ1) is 24.5. The van der Waals surface area contributed by atoms with Crippen LogP contribution < -0.4 is 0 Å². The van der Waals surface area contributed by atoms with E-state index in [9.17, 15) is 5.11 Å². The van der Waals surface area contributed by atoms with E-state index in [-0.39, 0.29) is 22.7 Å². The quantitative estimate of drug-likeness (QED) is 0.352. The van der Waals surface area contributed by atoms with Gasteiger partial charge in [-0.25, -0.2) is 0 Å². The summed E-state index contributed by atoms with van der Waals surface area (Å²) in [7, 11) is 0. The van der Waals surface area contributed by atoms with Gasteiger partial charge in [0.15, 0.2) is 5.79 Å². The van der Waals surface area contributed by atoms with Gasteiger partial charge in [-0.3, -0.25) is 0 Å². The third-order valence-corrected chi connectivity index (χ3v) is 10.4. The molecule has 0 amide bonds. The zero-order valence-electron chi connectivity index (χ0n) is 22.3. The smallest absolute Gasteiger partial charge is 0.169 e. The molecule has 3 saturated carbocycles. The summed E-state index contributed by atoms with van der Waals surface area (Å²) in [5.74, 6) is 7.89. The van der Waals surface area contributed by atoms with Crippen molar-refractivity contribution in [1.82, 2.24) is 0 Å². The Kier molecular flexibility index (Phi) is 6.03. The van der Waals surface area contributed by atoms with Crippen molar-refractivity contribution in [3.05, 3.63) is 59.2 Å². The first-order chi connectivity index (χ1) is 17.2. The second-order valence-electron chi connectivity index (χ2n) is 13.3. The minimum absolute atomic E-state index is 0.00457. The number of benzene rings is 1. The van der Waals surface area contributed by atoms with E-state index in [0.29, 0.717) is 23.7 Å². The maximum Gasteiger partial charge on any atom is 0.169 e. The van der Waals surface area contributed by atoms with Crippen molar-refractivity contribution in [2.75, 3.05) is 13.2 Å². The highest BCUT2D eigenvalue weighted by molar-refractivity contribution is 5.44. The molecule has 192 valence electrons. The van der Waals surface area contributed by atoms with Crippen LogP contribution in [-0.2, 0) is 9.47 Å². The minimum atomic E-state index is -0.384. The number of aliphatic hydroxyl groups is 1. The number of ether oxygens (including phenoxy) is 2. The van der Waals surface area contributed by atoms with Gasteiger partial charge in [0.1, 0.15) is 0 Å². The van der Waals surface area contributed by atoms with Gasteiger partial charge in [-0.2, -0.15) is 0 Å². The summed E-state index contributed by atoms with van der Waals surface area (Å²) in [6.45, 7) is 12.1. The summed E-state index contributed by atoms with van der Waals surface area (Å²) in [6, 6.07) is 8.90. The monoisotopic (exact) mass is 486 g/mol. The van der Waals surface area contributed by atoms with Crippen molar-refractivity contribution in [3.8, 4) is 11.8 Å². The molecular weight excluding hydrogens is 444 g/mol. The summed E-state index contributed by atoms with van der Waals surface area (Å²) in [6.07, 6.45) is 10.1. The van der Waals surface area contributed by atoms with Crippen LogP contribution in [-0.4, -0.2) is 30.2 Å². The van der Waals surface area contributed by atoms with Crippen LogP contribution in [0.25, 0.3) is 0 Å². The second kappa shape index (κ2) is 8.87. The molecule has 6 atom stereocenters. The van der Waals surface area contributed by atoms with E-state index >= 15 is 0 Å². The minimum Gasteiger partial charge on any atom is -0.393 e. The van der Waals surface area contributed by atoms with Crippen LogP contribution in [0.4, 0.5) is 0 Å². The zero-order chi connectivity index (χ0) is 25.1. The van der Waals surface area contributed by atoms with E-state index in [4.69, 9.17) is 9.47 Å². The van der Waals surface area contributed by atoms with Crippen molar-refractivity contribution in [3.63, 3.8) is 0 Å². The molecule has 3 nitrogen and oxygen atoms in total. The van der Waals surface area contributed by atoms with Crippen molar-refractivity contribution in [2.24, 2.45) is 28.6 Å². The Hall–Kier alpha value is -1.86. The second-order valence-corrected chi connectivity index (χ2v) is 13.3. The molecule has 6 rings (SSSR count). The lowest BCUT2D eigenvalue weighted by Crippen LogP contribution is -2.52. The number of hydrogen-bond acceptors (Lipinski definition) is 3. The highest BCUT2D eigenvalue weighted by Crippen LogP contribution is 2.64. The molecule has 1 aromatic rings. The van der Waals surface area contributed by atoms with E-state index in [0.717, 1.165) is 57.3 Å². The number of aliphatic hydroxyl groups excluding tert-OH is 1. The Morgan fingerprint density at radius 1 is 1.00 bits per heavy atom. The predicted octanol–water partition coefficient (Wildman–Crippen LogP) is 6.76. The lowest BCUT2D eigenvalue weighted by atomic mass is 9.52. The summed E-state index contributed by atoms with van der Waals surface area (Å²) < 4.78 is 12.9. The van der Waals surface area contributed by atoms with Crippen LogP contribution in [0.5, 0.6) is 0 Å². The SMILES string of the molecule is C=CC#Cc1ccc(C2CC3(C)C(O)CCC3C3CCC4CC5(CCC4=C23)OCC(C)(C)CO5)cc1. The molecule has 1 saturated heterocycles. The molecular formula is C33H42O3. The largest absolute Gasteiger partial charge is 0.393 e. The molecule has 0 aromatic heterocycles. The summed E-state index contributed by atoms with van der Waals surface area (Å²) in [4.78, 5) is 0. The van der Waals surface area contributed by atoms with Gasteiger partial charge in [-0.05, 0) is 85.5 Å². The molecule has 5 aliphatic rings. The summed E-state index contributed by atoms with van der Waals surface area (Å²) in [5.41, 5.74) is 5.95. The molecule has 3 heteroatoms. The number of allylic oxidation sites excluding steroid dienone is 3. The lowest BCUT2D eigenvalue weighted by Gasteiger charge is -2.55. The highest BCUT2D eigenvalue weighted by atomic mass is 16.7. The van der Waals surface area contributed by atoms with Crippen LogP contribution in [0.3, 0.4) is 0 Å². The van der Waals surface area contributed by atoms with E-state index in [1.165, 1.54) is 18.4 Å². The summed E-state index contributed by atoms with van der Waals surface area (Å²) in [5, 5.41) is 11.1. The fourth-order valence-electron chi connectivity index (χ4n) is 8.43. The Bertz CT molecular complexity index is 1110. The average Bonchev–Trinajstić information content (AvgIpc) is 3.18. The topological polar surface area (TPSA) is 38.7 Å². The van der Waals surface area contributed by atoms with E-state index in [2.05, 4.69) is 63.5 Å². The van der Waals surface area contributed by atoms with Crippen molar-refractivity contribution < 1.29 is 14.6 Å². The fourth-order valence-corrected chi connectivity index (χ4v) is 8.43. The Morgan fingerprint density at radius 3 is 2.47 bits per heavy atom. The standard InChI is InChI=1S/C33H42O3/c1-5-6-7-22-8-10-23(11-9-22)27-19-32(4)28(14-15-29(32)34)26-13-12-24-18-33(17-16-25(24)30(26)27)35-20-31(2,3)21-36-33/h5,8-11,24,26-29,34H,1,12-21H2,2-4H3. The molecule has 1 aromatic carbocycles. The molecule has 0 radical (unpaired) electrons. The molecule has 1 aliphatic heterocycles. The third-order valence-electron chi connectivity index (χ3n) is 10.4. The molecule has 4 aliphatic carbocycles. The van der Waals surface area contributed by atoms with Crippen LogP contribution in [0.1, 0.15) is 89.2 Å². The predicted molar refractivity (Wildman–Crippen MR) is 143 cm³/mol. The van der Waals surface area contributed by atoms with Crippen LogP contribution in [0.15, 0.2) is 48.1 Å². The van der Waals surface area contributed by atoms with Crippen LogP contribution >= 0.6 is 0 Å². The average molecular weight is 487 g/mol. The highest BCUT2D eigenvalue weighted by Gasteiger charge is 2.57. The number of fused-ring (bicyclic) bond motifs is 4. The van der Waals surface area contributed by atoms with Gasteiger partial charge in [0.25, 0.3) is 0 Å². The molecule has 1 N–H and O–H groups in total. The maximum absolute atomic E-state index is 11.1. The molecule has 1 heterocycles. The lowest BCUT2D eigenvalue weighted by molar-refractivity contribution is -0.312. The first-order valence-corrected chi connectivity index (χ1v) is 14.1. The normalized spacial score (nSPS) is 38.4. The van der Waals surface area contributed by atoms with Gasteiger partial charge in [0.05, 0.1) is 19.3 Å². The number of rotatable bonds is 1. The van der Waals surface area contributed by atoms with E-state index in [1.54, 1.807) is 17.2 Å². The molecule has 36 heavy (non-hydrogen) atoms. The molecule has 0 bridgehead atoms. The van der Waals surface area contributed by atoms with Gasteiger partial charge in [0.2, 0.25) is 0 Å². The van der Waals surface area contributed by atoms with Crippen molar-refractivity contribution in [1.29, 1.82) is 0 Å². The van der Waals surface area contributed by atoms with Gasteiger partial charge in [-0.15, -0.1) is 0 Å². The van der Waals surface area contributed by atoms with E-state index in [1.807, 2.05) is 0 Å².